The highest BCUT2D eigenvalue weighted by Crippen LogP contribution is 2.30. The minimum Gasteiger partial charge on any atom is -0.327 e. The molecule has 0 amide bonds. The van der Waals surface area contributed by atoms with Gasteiger partial charge in [0.05, 0.1) is 21.5 Å². The number of non-ortho nitro benzene ring substituents is 1. The van der Waals surface area contributed by atoms with Crippen LogP contribution in [0.3, 0.4) is 0 Å². The minimum absolute atomic E-state index is 0.0000898. The van der Waals surface area contributed by atoms with Gasteiger partial charge in [-0.3, -0.25) is 14.9 Å². The third-order valence-electron chi connectivity index (χ3n) is 5.07. The quantitative estimate of drug-likeness (QED) is 0.262. The molecule has 0 saturated heterocycles. The summed E-state index contributed by atoms with van der Waals surface area (Å²) >= 11 is 0. The molecule has 29 heavy (non-hydrogen) atoms. The number of nitro groups is 1. The Morgan fingerprint density at radius 3 is 2.48 bits per heavy atom. The second-order valence-corrected chi connectivity index (χ2v) is 6.81. The van der Waals surface area contributed by atoms with Gasteiger partial charge in [0.25, 0.3) is 5.69 Å². The molecule has 140 valence electrons. The summed E-state index contributed by atoms with van der Waals surface area (Å²) < 4.78 is 1.86. The van der Waals surface area contributed by atoms with Gasteiger partial charge in [-0.1, -0.05) is 30.3 Å². The van der Waals surface area contributed by atoms with Crippen LogP contribution in [0.2, 0.25) is 0 Å². The molecular weight excluding hydrogens is 368 g/mol. The van der Waals surface area contributed by atoms with E-state index in [1.54, 1.807) is 36.4 Å². The number of fused-ring (bicyclic) bond motifs is 4. The molecule has 7 nitrogen and oxygen atoms in total. The molecule has 0 saturated carbocycles. The molecule has 0 bridgehead atoms. The van der Waals surface area contributed by atoms with E-state index in [0.29, 0.717) is 38.7 Å². The van der Waals surface area contributed by atoms with Crippen molar-refractivity contribution in [3.63, 3.8) is 0 Å². The molecule has 5 rings (SSSR count). The molecule has 0 spiro atoms. The third-order valence-corrected chi connectivity index (χ3v) is 5.07. The van der Waals surface area contributed by atoms with Gasteiger partial charge in [0.2, 0.25) is 0 Å². The van der Waals surface area contributed by atoms with Gasteiger partial charge in [0.15, 0.2) is 11.4 Å². The maximum absolute atomic E-state index is 12.8. The van der Waals surface area contributed by atoms with Crippen LogP contribution in [0.25, 0.3) is 33.1 Å². The predicted octanol–water partition coefficient (Wildman–Crippen LogP) is 4.41. The molecule has 0 aliphatic carbocycles. The highest BCUT2D eigenvalue weighted by Gasteiger charge is 2.17. The van der Waals surface area contributed by atoms with Crippen LogP contribution in [0, 0.1) is 10.1 Å². The fourth-order valence-electron chi connectivity index (χ4n) is 3.59. The number of hydrogen-bond acceptors (Lipinski definition) is 5. The second kappa shape index (κ2) is 6.20. The summed E-state index contributed by atoms with van der Waals surface area (Å²) in [5.41, 5.74) is 4.35. The smallest absolute Gasteiger partial charge is 0.270 e. The van der Waals surface area contributed by atoms with Crippen LogP contribution in [-0.4, -0.2) is 25.2 Å². The molecule has 2 heterocycles. The van der Waals surface area contributed by atoms with Crippen LogP contribution in [0.4, 0.5) is 5.69 Å². The van der Waals surface area contributed by atoms with Gasteiger partial charge in [-0.25, -0.2) is 9.97 Å². The van der Waals surface area contributed by atoms with Crippen molar-refractivity contribution >= 4 is 44.6 Å². The lowest BCUT2D eigenvalue weighted by molar-refractivity contribution is -0.384. The fraction of sp³-hybridized carbons (Fsp3) is 0.0455. The molecule has 0 N–H and O–H groups in total. The zero-order valence-corrected chi connectivity index (χ0v) is 15.4. The van der Waals surface area contributed by atoms with Crippen molar-refractivity contribution in [2.45, 2.75) is 0 Å². The second-order valence-electron chi connectivity index (χ2n) is 6.81. The van der Waals surface area contributed by atoms with Crippen molar-refractivity contribution < 1.29 is 9.72 Å². The molecule has 0 unspecified atom stereocenters. The van der Waals surface area contributed by atoms with Gasteiger partial charge in [-0.2, -0.15) is 0 Å². The van der Waals surface area contributed by atoms with Crippen molar-refractivity contribution in [1.29, 1.82) is 0 Å². The van der Waals surface area contributed by atoms with Gasteiger partial charge in [-0.15, -0.1) is 0 Å². The summed E-state index contributed by atoms with van der Waals surface area (Å²) in [5, 5.41) is 11.8. The van der Waals surface area contributed by atoms with Crippen molar-refractivity contribution in [1.82, 2.24) is 14.5 Å². The van der Waals surface area contributed by atoms with Crippen LogP contribution in [0.5, 0.6) is 0 Å². The Morgan fingerprint density at radius 1 is 0.931 bits per heavy atom. The first-order chi connectivity index (χ1) is 14.0. The largest absolute Gasteiger partial charge is 0.327 e. The summed E-state index contributed by atoms with van der Waals surface area (Å²) in [7, 11) is 1.85. The molecule has 0 atom stereocenters. The van der Waals surface area contributed by atoms with Crippen LogP contribution >= 0.6 is 0 Å². The number of nitro benzene ring substituents is 1. The third kappa shape index (κ3) is 2.63. The van der Waals surface area contributed by atoms with E-state index in [1.165, 1.54) is 12.1 Å². The Labute approximate surface area is 164 Å². The Bertz CT molecular complexity index is 1460. The summed E-state index contributed by atoms with van der Waals surface area (Å²) in [5.74, 6) is -0.0945. The van der Waals surface area contributed by atoms with E-state index in [4.69, 9.17) is 4.98 Å². The fourth-order valence-corrected chi connectivity index (χ4v) is 3.59. The number of aromatic nitrogens is 3. The Balaban J connectivity index is 1.74. The number of carbonyl (C=O) groups excluding carboxylic acids is 1. The maximum Gasteiger partial charge on any atom is 0.270 e. The molecule has 0 radical (unpaired) electrons. The monoisotopic (exact) mass is 382 g/mol. The van der Waals surface area contributed by atoms with E-state index in [9.17, 15) is 14.9 Å². The summed E-state index contributed by atoms with van der Waals surface area (Å²) in [6, 6.07) is 19.0. The SMILES string of the molecule is Cn1c2ccc([N+](=O)[O-])cc2c2nc3cc(C(=O)c4ccccc4)ccc3nc21. The predicted molar refractivity (Wildman–Crippen MR) is 110 cm³/mol. The van der Waals surface area contributed by atoms with E-state index in [-0.39, 0.29) is 11.5 Å². The number of nitrogens with zero attached hydrogens (tertiary/aromatic N) is 4. The first-order valence-electron chi connectivity index (χ1n) is 8.97. The van der Waals surface area contributed by atoms with E-state index in [0.717, 1.165) is 5.52 Å². The highest BCUT2D eigenvalue weighted by atomic mass is 16.6. The average molecular weight is 382 g/mol. The van der Waals surface area contributed by atoms with Crippen LogP contribution in [0.1, 0.15) is 15.9 Å². The van der Waals surface area contributed by atoms with Crippen LogP contribution < -0.4 is 0 Å². The molecule has 0 fully saturated rings. The maximum atomic E-state index is 12.8. The summed E-state index contributed by atoms with van der Waals surface area (Å²) in [6.07, 6.45) is 0. The van der Waals surface area contributed by atoms with Gasteiger partial charge < -0.3 is 4.57 Å². The summed E-state index contributed by atoms with van der Waals surface area (Å²) in [6.45, 7) is 0. The molecule has 7 heteroatoms. The lowest BCUT2D eigenvalue weighted by Gasteiger charge is -2.04. The number of aryl methyl sites for hydroxylation is 1. The van der Waals surface area contributed by atoms with Crippen molar-refractivity contribution in [2.75, 3.05) is 0 Å². The van der Waals surface area contributed by atoms with Gasteiger partial charge in [0.1, 0.15) is 5.52 Å². The van der Waals surface area contributed by atoms with Gasteiger partial charge in [-0.05, 0) is 24.3 Å². The van der Waals surface area contributed by atoms with Crippen LogP contribution in [-0.2, 0) is 7.05 Å². The number of hydrogen-bond donors (Lipinski definition) is 0. The van der Waals surface area contributed by atoms with E-state index >= 15 is 0 Å². The Hall–Kier alpha value is -4.13. The zero-order valence-electron chi connectivity index (χ0n) is 15.4. The molecule has 2 aromatic heterocycles. The highest BCUT2D eigenvalue weighted by molar-refractivity contribution is 6.11. The Morgan fingerprint density at radius 2 is 1.72 bits per heavy atom. The molecule has 0 aliphatic heterocycles. The standard InChI is InChI=1S/C22H14N4O3/c1-25-19-10-8-15(26(28)29)12-16(19)20-22(25)24-17-9-7-14(11-18(17)23-20)21(27)13-5-3-2-4-6-13/h2-12H,1H3. The molecular formula is C22H14N4O3. The van der Waals surface area contributed by atoms with Crippen molar-refractivity contribution in [2.24, 2.45) is 7.05 Å². The van der Waals surface area contributed by atoms with Crippen molar-refractivity contribution in [3.8, 4) is 0 Å². The number of carbonyl (C=O) groups is 1. The molecule has 3 aromatic carbocycles. The van der Waals surface area contributed by atoms with Crippen LogP contribution in [0.15, 0.2) is 66.7 Å². The molecule has 5 aromatic rings. The number of rotatable bonds is 3. The number of benzene rings is 3. The van der Waals surface area contributed by atoms with Gasteiger partial charge >= 0.3 is 0 Å². The van der Waals surface area contributed by atoms with E-state index in [1.807, 2.05) is 29.8 Å². The van der Waals surface area contributed by atoms with Gasteiger partial charge in [0, 0.05) is 35.7 Å². The zero-order chi connectivity index (χ0) is 20.1. The first-order valence-corrected chi connectivity index (χ1v) is 8.97. The topological polar surface area (TPSA) is 90.9 Å². The Kier molecular flexibility index (Phi) is 3.64. The summed E-state index contributed by atoms with van der Waals surface area (Å²) in [4.78, 5) is 32.9. The normalized spacial score (nSPS) is 11.3. The average Bonchev–Trinajstić information content (AvgIpc) is 3.03. The minimum atomic E-state index is -0.427. The number of ketones is 1. The first kappa shape index (κ1) is 17.0. The molecule has 0 aliphatic rings. The van der Waals surface area contributed by atoms with Crippen molar-refractivity contribution in [3.05, 3.63) is 88.0 Å². The lowest BCUT2D eigenvalue weighted by atomic mass is 10.0. The van der Waals surface area contributed by atoms with E-state index in [2.05, 4.69) is 4.98 Å². The van der Waals surface area contributed by atoms with E-state index < -0.39 is 4.92 Å². The lowest BCUT2D eigenvalue weighted by Crippen LogP contribution is -2.01.